The maximum absolute atomic E-state index is 12.3. The summed E-state index contributed by atoms with van der Waals surface area (Å²) in [5.74, 6) is -1.37. The van der Waals surface area contributed by atoms with E-state index in [-0.39, 0.29) is 25.6 Å². The number of benzene rings is 1. The number of carbonyl (C=O) groups is 4. The van der Waals surface area contributed by atoms with E-state index in [1.165, 1.54) is 12.0 Å². The molecule has 1 aliphatic heterocycles. The molecule has 1 aromatic carbocycles. The summed E-state index contributed by atoms with van der Waals surface area (Å²) in [5.41, 5.74) is 0.834. The summed E-state index contributed by atoms with van der Waals surface area (Å²) in [4.78, 5) is 48.7. The van der Waals surface area contributed by atoms with E-state index < -0.39 is 24.0 Å². The van der Waals surface area contributed by atoms with E-state index in [0.717, 1.165) is 5.56 Å². The van der Waals surface area contributed by atoms with E-state index >= 15 is 0 Å². The van der Waals surface area contributed by atoms with Crippen molar-refractivity contribution < 1.29 is 28.7 Å². The van der Waals surface area contributed by atoms with Crippen LogP contribution in [0.1, 0.15) is 18.4 Å². The average molecular weight is 377 g/mol. The number of amides is 3. The first-order valence-corrected chi connectivity index (χ1v) is 8.60. The highest BCUT2D eigenvalue weighted by Gasteiger charge is 2.34. The fraction of sp³-hybridized carbons (Fsp3) is 0.444. The smallest absolute Gasteiger partial charge is 0.407 e. The molecule has 0 bridgehead atoms. The molecule has 2 rings (SSSR count). The van der Waals surface area contributed by atoms with E-state index in [2.05, 4.69) is 15.4 Å². The van der Waals surface area contributed by atoms with Crippen LogP contribution in [0.2, 0.25) is 0 Å². The molecular weight excluding hydrogens is 354 g/mol. The van der Waals surface area contributed by atoms with Gasteiger partial charge in [0.05, 0.1) is 7.11 Å². The Kier molecular flexibility index (Phi) is 7.60. The maximum Gasteiger partial charge on any atom is 0.407 e. The standard InChI is InChI=1S/C18H23N3O6/c1-26-16(23)11-19-17(24)14-8-5-9-21(14)15(22)10-20-18(25)27-12-13-6-3-2-4-7-13/h2-4,6-7,14H,5,8-12H2,1H3,(H,19,24)(H,20,25)/t14-/m1/s1. The van der Waals surface area contributed by atoms with Gasteiger partial charge in [-0.15, -0.1) is 0 Å². The van der Waals surface area contributed by atoms with Crippen LogP contribution in [0.25, 0.3) is 0 Å². The molecule has 1 fully saturated rings. The lowest BCUT2D eigenvalue weighted by Crippen LogP contribution is -2.49. The van der Waals surface area contributed by atoms with Gasteiger partial charge in [0.25, 0.3) is 0 Å². The van der Waals surface area contributed by atoms with Crippen LogP contribution in [0.4, 0.5) is 4.79 Å². The molecule has 0 spiro atoms. The van der Waals surface area contributed by atoms with Crippen LogP contribution in [0, 0.1) is 0 Å². The molecule has 146 valence electrons. The second-order valence-corrected chi connectivity index (χ2v) is 5.95. The van der Waals surface area contributed by atoms with Crippen molar-refractivity contribution in [1.82, 2.24) is 15.5 Å². The monoisotopic (exact) mass is 377 g/mol. The molecule has 27 heavy (non-hydrogen) atoms. The zero-order chi connectivity index (χ0) is 19.6. The number of rotatable bonds is 7. The van der Waals surface area contributed by atoms with Crippen LogP contribution in [-0.4, -0.2) is 61.6 Å². The molecule has 1 saturated heterocycles. The summed E-state index contributed by atoms with van der Waals surface area (Å²) in [6.07, 6.45) is 0.454. The number of nitrogens with one attached hydrogen (secondary N) is 2. The number of carbonyl (C=O) groups excluding carboxylic acids is 4. The molecule has 0 saturated carbocycles. The summed E-state index contributed by atoms with van der Waals surface area (Å²) in [6.45, 7) is -0.00858. The van der Waals surface area contributed by atoms with E-state index in [4.69, 9.17) is 4.74 Å². The van der Waals surface area contributed by atoms with Gasteiger partial charge in [-0.1, -0.05) is 30.3 Å². The Morgan fingerprint density at radius 1 is 1.11 bits per heavy atom. The van der Waals surface area contributed by atoms with Crippen LogP contribution >= 0.6 is 0 Å². The highest BCUT2D eigenvalue weighted by molar-refractivity contribution is 5.91. The number of likely N-dealkylation sites (tertiary alicyclic amines) is 1. The molecule has 0 radical (unpaired) electrons. The largest absolute Gasteiger partial charge is 0.468 e. The number of hydrogen-bond donors (Lipinski definition) is 2. The molecule has 1 aliphatic rings. The van der Waals surface area contributed by atoms with Crippen LogP contribution in [0.5, 0.6) is 0 Å². The summed E-state index contributed by atoms with van der Waals surface area (Å²) in [6, 6.07) is 8.50. The van der Waals surface area contributed by atoms with Crippen molar-refractivity contribution in [2.24, 2.45) is 0 Å². The predicted molar refractivity (Wildman–Crippen MR) is 94.4 cm³/mol. The lowest BCUT2D eigenvalue weighted by atomic mass is 10.2. The van der Waals surface area contributed by atoms with Gasteiger partial charge in [0.2, 0.25) is 11.8 Å². The lowest BCUT2D eigenvalue weighted by molar-refractivity contribution is -0.142. The lowest BCUT2D eigenvalue weighted by Gasteiger charge is -2.23. The van der Waals surface area contributed by atoms with Crippen molar-refractivity contribution in [2.75, 3.05) is 26.7 Å². The molecule has 2 N–H and O–H groups in total. The van der Waals surface area contributed by atoms with Gasteiger partial charge in [-0.25, -0.2) is 4.79 Å². The highest BCUT2D eigenvalue weighted by Crippen LogP contribution is 2.17. The normalized spacial score (nSPS) is 15.7. The van der Waals surface area contributed by atoms with Crippen molar-refractivity contribution in [3.05, 3.63) is 35.9 Å². The zero-order valence-corrected chi connectivity index (χ0v) is 15.1. The van der Waals surface area contributed by atoms with E-state index in [1.807, 2.05) is 30.3 Å². The average Bonchev–Trinajstić information content (AvgIpc) is 3.19. The highest BCUT2D eigenvalue weighted by atomic mass is 16.5. The zero-order valence-electron chi connectivity index (χ0n) is 15.1. The van der Waals surface area contributed by atoms with Gasteiger partial charge in [-0.2, -0.15) is 0 Å². The fourth-order valence-electron chi connectivity index (χ4n) is 2.71. The van der Waals surface area contributed by atoms with Crippen molar-refractivity contribution >= 4 is 23.9 Å². The number of alkyl carbamates (subject to hydrolysis) is 1. The Hall–Kier alpha value is -3.10. The molecule has 0 aromatic heterocycles. The number of nitrogens with zero attached hydrogens (tertiary/aromatic N) is 1. The molecule has 0 unspecified atom stereocenters. The van der Waals surface area contributed by atoms with Crippen molar-refractivity contribution in [1.29, 1.82) is 0 Å². The van der Waals surface area contributed by atoms with Crippen molar-refractivity contribution in [3.63, 3.8) is 0 Å². The molecule has 9 nitrogen and oxygen atoms in total. The summed E-state index contributed by atoms with van der Waals surface area (Å²) in [7, 11) is 1.22. The Bertz CT molecular complexity index is 679. The molecule has 0 aliphatic carbocycles. The maximum atomic E-state index is 12.3. The van der Waals surface area contributed by atoms with Crippen LogP contribution in [0.15, 0.2) is 30.3 Å². The van der Waals surface area contributed by atoms with Crippen molar-refractivity contribution in [3.8, 4) is 0 Å². The second-order valence-electron chi connectivity index (χ2n) is 5.95. The minimum Gasteiger partial charge on any atom is -0.468 e. The van der Waals surface area contributed by atoms with Crippen LogP contribution in [0.3, 0.4) is 0 Å². The Morgan fingerprint density at radius 3 is 2.56 bits per heavy atom. The third kappa shape index (κ3) is 6.28. The molecule has 9 heteroatoms. The first kappa shape index (κ1) is 20.2. The number of hydrogen-bond acceptors (Lipinski definition) is 6. The molecule has 1 heterocycles. The SMILES string of the molecule is COC(=O)CNC(=O)[C@H]1CCCN1C(=O)CNC(=O)OCc1ccccc1. The molecule has 1 aromatic rings. The number of ether oxygens (including phenoxy) is 2. The molecule has 1 atom stereocenters. The van der Waals surface area contributed by atoms with Gasteiger partial charge < -0.3 is 25.0 Å². The number of esters is 1. The van der Waals surface area contributed by atoms with Crippen LogP contribution in [-0.2, 0) is 30.5 Å². The summed E-state index contributed by atoms with van der Waals surface area (Å²) >= 11 is 0. The summed E-state index contributed by atoms with van der Waals surface area (Å²) in [5, 5.41) is 4.83. The van der Waals surface area contributed by atoms with Crippen LogP contribution < -0.4 is 10.6 Å². The van der Waals surface area contributed by atoms with Gasteiger partial charge in [-0.3, -0.25) is 14.4 Å². The minimum atomic E-state index is -0.710. The van der Waals surface area contributed by atoms with Gasteiger partial charge in [0.1, 0.15) is 25.7 Å². The third-order valence-electron chi connectivity index (χ3n) is 4.11. The fourth-order valence-corrected chi connectivity index (χ4v) is 2.71. The third-order valence-corrected chi connectivity index (χ3v) is 4.11. The van der Waals surface area contributed by atoms with E-state index in [1.54, 1.807) is 0 Å². The van der Waals surface area contributed by atoms with E-state index in [0.29, 0.717) is 19.4 Å². The van der Waals surface area contributed by atoms with E-state index in [9.17, 15) is 19.2 Å². The quantitative estimate of drug-likeness (QED) is 0.656. The number of methoxy groups -OCH3 is 1. The second kappa shape index (κ2) is 10.1. The van der Waals surface area contributed by atoms with Gasteiger partial charge in [-0.05, 0) is 18.4 Å². The van der Waals surface area contributed by atoms with Gasteiger partial charge >= 0.3 is 12.1 Å². The summed E-state index contributed by atoms with van der Waals surface area (Å²) < 4.78 is 9.50. The first-order chi connectivity index (χ1) is 13.0. The molecular formula is C18H23N3O6. The van der Waals surface area contributed by atoms with Gasteiger partial charge in [0.15, 0.2) is 0 Å². The first-order valence-electron chi connectivity index (χ1n) is 8.60. The Labute approximate surface area is 157 Å². The molecule has 3 amide bonds. The Balaban J connectivity index is 1.75. The topological polar surface area (TPSA) is 114 Å². The Morgan fingerprint density at radius 2 is 1.85 bits per heavy atom. The van der Waals surface area contributed by atoms with Gasteiger partial charge in [0, 0.05) is 6.54 Å². The minimum absolute atomic E-state index is 0.100. The predicted octanol–water partition coefficient (Wildman–Crippen LogP) is 0.193. The van der Waals surface area contributed by atoms with Crippen molar-refractivity contribution in [2.45, 2.75) is 25.5 Å².